The van der Waals surface area contributed by atoms with E-state index in [-0.39, 0.29) is 0 Å². The van der Waals surface area contributed by atoms with Gasteiger partial charge in [-0.05, 0) is 98.9 Å². The third kappa shape index (κ3) is 4.80. The zero-order valence-corrected chi connectivity index (χ0v) is 38.0. The number of benzene rings is 11. The molecule has 0 bridgehead atoms. The van der Waals surface area contributed by atoms with Crippen LogP contribution in [0.1, 0.15) is 22.3 Å². The molecule has 320 valence electrons. The van der Waals surface area contributed by atoms with Crippen molar-refractivity contribution in [3.05, 3.63) is 253 Å². The standard InChI is InChI=1S/C65H38N2OS/c1-2-18-41-39(16-1)17-13-28-54(41)67-57-38-40(34-35-44(57)46-36-37-47-45-21-6-11-31-58(45)68-64(47)63(46)67)66(56-30-15-33-60-62(56)49-23-7-12-32-59(49)69-60)55-29-14-27-53-61(55)48-22-5-10-26-52(48)65(53)50-24-8-3-19-42(50)43-20-4-9-25-51(43)65/h1-38H. The van der Waals surface area contributed by atoms with Gasteiger partial charge in [0.05, 0.1) is 33.5 Å². The third-order valence-corrected chi connectivity index (χ3v) is 16.5. The van der Waals surface area contributed by atoms with Crippen molar-refractivity contribution in [2.24, 2.45) is 0 Å². The van der Waals surface area contributed by atoms with Crippen LogP contribution in [0.5, 0.6) is 0 Å². The molecule has 14 aromatic rings. The number of furan rings is 1. The first-order valence-electron chi connectivity index (χ1n) is 23.8. The van der Waals surface area contributed by atoms with E-state index in [1.54, 1.807) is 0 Å². The normalized spacial score (nSPS) is 13.3. The molecule has 0 atom stereocenters. The predicted molar refractivity (Wildman–Crippen MR) is 289 cm³/mol. The number of aromatic nitrogens is 1. The van der Waals surface area contributed by atoms with Crippen molar-refractivity contribution in [2.75, 3.05) is 4.90 Å². The fourth-order valence-electron chi connectivity index (χ4n) is 12.7. The van der Waals surface area contributed by atoms with Crippen LogP contribution in [-0.2, 0) is 5.41 Å². The summed E-state index contributed by atoms with van der Waals surface area (Å²) in [5.74, 6) is 0. The Bertz CT molecular complexity index is 4480. The molecule has 0 aliphatic heterocycles. The van der Waals surface area contributed by atoms with Gasteiger partial charge in [0.1, 0.15) is 5.58 Å². The maximum absolute atomic E-state index is 6.92. The van der Waals surface area contributed by atoms with E-state index in [1.165, 1.54) is 80.8 Å². The highest BCUT2D eigenvalue weighted by molar-refractivity contribution is 7.26. The molecular weight excluding hydrogens is 857 g/mol. The van der Waals surface area contributed by atoms with Crippen LogP contribution in [-0.4, -0.2) is 4.57 Å². The summed E-state index contributed by atoms with van der Waals surface area (Å²) in [6, 6.07) is 85.7. The van der Waals surface area contributed by atoms with Gasteiger partial charge in [-0.3, -0.25) is 0 Å². The summed E-state index contributed by atoms with van der Waals surface area (Å²) in [5, 5.41) is 9.46. The average molecular weight is 895 g/mol. The number of thiophene rings is 1. The molecule has 0 amide bonds. The Kier molecular flexibility index (Phi) is 7.42. The number of nitrogens with zero attached hydrogens (tertiary/aromatic N) is 2. The smallest absolute Gasteiger partial charge is 0.160 e. The maximum atomic E-state index is 6.92. The molecule has 0 fully saturated rings. The van der Waals surface area contributed by atoms with Crippen LogP contribution in [0, 0.1) is 0 Å². The summed E-state index contributed by atoms with van der Waals surface area (Å²) in [7, 11) is 0. The van der Waals surface area contributed by atoms with Crippen molar-refractivity contribution in [3.8, 4) is 27.9 Å². The van der Waals surface area contributed by atoms with Gasteiger partial charge in [-0.15, -0.1) is 11.3 Å². The van der Waals surface area contributed by atoms with E-state index in [9.17, 15) is 0 Å². The molecule has 0 radical (unpaired) electrons. The lowest BCUT2D eigenvalue weighted by molar-refractivity contribution is 0.671. The lowest BCUT2D eigenvalue weighted by Crippen LogP contribution is -2.26. The minimum atomic E-state index is -0.482. The second-order valence-electron chi connectivity index (χ2n) is 18.6. The Morgan fingerprint density at radius 3 is 1.86 bits per heavy atom. The average Bonchev–Trinajstić information content (AvgIpc) is 4.21. The second-order valence-corrected chi connectivity index (χ2v) is 19.7. The Hall–Kier alpha value is -8.70. The van der Waals surface area contributed by atoms with Crippen molar-refractivity contribution >= 4 is 103 Å². The van der Waals surface area contributed by atoms with Crippen molar-refractivity contribution in [1.29, 1.82) is 0 Å². The number of rotatable bonds is 4. The summed E-state index contributed by atoms with van der Waals surface area (Å²) in [6.07, 6.45) is 0. The zero-order valence-electron chi connectivity index (χ0n) is 37.2. The molecule has 11 aromatic carbocycles. The van der Waals surface area contributed by atoms with Crippen LogP contribution in [0.3, 0.4) is 0 Å². The van der Waals surface area contributed by atoms with Crippen LogP contribution in [0.15, 0.2) is 235 Å². The minimum Gasteiger partial charge on any atom is -0.454 e. The molecule has 0 saturated carbocycles. The maximum Gasteiger partial charge on any atom is 0.160 e. The van der Waals surface area contributed by atoms with Gasteiger partial charge in [0, 0.05) is 58.4 Å². The van der Waals surface area contributed by atoms with Crippen molar-refractivity contribution < 1.29 is 4.42 Å². The highest BCUT2D eigenvalue weighted by Gasteiger charge is 2.52. The molecular formula is C65H38N2OS. The Labute approximate surface area is 401 Å². The van der Waals surface area contributed by atoms with E-state index in [2.05, 4.69) is 240 Å². The fraction of sp³-hybridized carbons (Fsp3) is 0.0154. The number of hydrogen-bond acceptors (Lipinski definition) is 3. The van der Waals surface area contributed by atoms with E-state index < -0.39 is 5.41 Å². The quantitative estimate of drug-likeness (QED) is 0.176. The monoisotopic (exact) mass is 894 g/mol. The first-order chi connectivity index (χ1) is 34.3. The molecule has 2 aliphatic carbocycles. The van der Waals surface area contributed by atoms with Gasteiger partial charge in [0.2, 0.25) is 0 Å². The lowest BCUT2D eigenvalue weighted by Gasteiger charge is -2.32. The summed E-state index contributed by atoms with van der Waals surface area (Å²) >= 11 is 1.87. The molecule has 3 nitrogen and oxygen atoms in total. The van der Waals surface area contributed by atoms with E-state index >= 15 is 0 Å². The lowest BCUT2D eigenvalue weighted by atomic mass is 9.70. The molecule has 3 aromatic heterocycles. The fourth-order valence-corrected chi connectivity index (χ4v) is 13.8. The SMILES string of the molecule is c1ccc2c(c1)-c1ccccc1C21c2ccccc2-c2c(N(c3ccc4c5ccc6c7ccccc7oc6c5n(-c5cccc6ccccc56)c4c3)c3cccc4sc5ccccc5c34)cccc21. The highest BCUT2D eigenvalue weighted by atomic mass is 32.1. The number of hydrogen-bond donors (Lipinski definition) is 0. The van der Waals surface area contributed by atoms with Gasteiger partial charge in [0.15, 0.2) is 5.58 Å². The first kappa shape index (κ1) is 37.4. The summed E-state index contributed by atoms with van der Waals surface area (Å²) in [4.78, 5) is 2.57. The largest absolute Gasteiger partial charge is 0.454 e. The van der Waals surface area contributed by atoms with Gasteiger partial charge in [0.25, 0.3) is 0 Å². The molecule has 0 saturated heterocycles. The third-order valence-electron chi connectivity index (χ3n) is 15.4. The van der Waals surface area contributed by atoms with Crippen LogP contribution in [0.4, 0.5) is 17.1 Å². The molecule has 4 heteroatoms. The Morgan fingerprint density at radius 2 is 1.01 bits per heavy atom. The van der Waals surface area contributed by atoms with Gasteiger partial charge in [-0.2, -0.15) is 0 Å². The molecule has 0 unspecified atom stereocenters. The van der Waals surface area contributed by atoms with Crippen molar-refractivity contribution in [1.82, 2.24) is 4.57 Å². The highest BCUT2D eigenvalue weighted by Crippen LogP contribution is 2.65. The topological polar surface area (TPSA) is 21.3 Å². The summed E-state index contributed by atoms with van der Waals surface area (Å²) in [5.41, 5.74) is 18.4. The summed E-state index contributed by atoms with van der Waals surface area (Å²) < 4.78 is 11.9. The number of para-hydroxylation sites is 1. The van der Waals surface area contributed by atoms with Crippen LogP contribution in [0.25, 0.3) is 103 Å². The number of anilines is 3. The molecule has 0 N–H and O–H groups in total. The van der Waals surface area contributed by atoms with Crippen molar-refractivity contribution in [2.45, 2.75) is 5.41 Å². The van der Waals surface area contributed by atoms with Gasteiger partial charge in [-0.25, -0.2) is 0 Å². The van der Waals surface area contributed by atoms with Crippen LogP contribution >= 0.6 is 11.3 Å². The van der Waals surface area contributed by atoms with Crippen molar-refractivity contribution in [3.63, 3.8) is 0 Å². The first-order valence-corrected chi connectivity index (χ1v) is 24.6. The van der Waals surface area contributed by atoms with Gasteiger partial charge >= 0.3 is 0 Å². The van der Waals surface area contributed by atoms with E-state index in [0.29, 0.717) is 0 Å². The molecule has 1 spiro atoms. The van der Waals surface area contributed by atoms with E-state index in [1.807, 2.05) is 11.3 Å². The van der Waals surface area contributed by atoms with Crippen LogP contribution in [0.2, 0.25) is 0 Å². The molecule has 2 aliphatic rings. The predicted octanol–water partition coefficient (Wildman–Crippen LogP) is 18.0. The van der Waals surface area contributed by atoms with E-state index in [4.69, 9.17) is 4.42 Å². The van der Waals surface area contributed by atoms with Gasteiger partial charge in [-0.1, -0.05) is 176 Å². The zero-order chi connectivity index (χ0) is 45.0. The Balaban J connectivity index is 1.05. The number of fused-ring (bicyclic) bond motifs is 21. The Morgan fingerprint density at radius 1 is 0.420 bits per heavy atom. The molecule has 16 rings (SSSR count). The minimum absolute atomic E-state index is 0.482. The van der Waals surface area contributed by atoms with E-state index in [0.717, 1.165) is 61.1 Å². The van der Waals surface area contributed by atoms with Gasteiger partial charge < -0.3 is 13.9 Å². The second kappa shape index (κ2) is 13.7. The van der Waals surface area contributed by atoms with Crippen LogP contribution < -0.4 is 4.90 Å². The molecule has 69 heavy (non-hydrogen) atoms. The molecule has 3 heterocycles. The summed E-state index contributed by atoms with van der Waals surface area (Å²) in [6.45, 7) is 0.